The van der Waals surface area contributed by atoms with Crippen LogP contribution in [0.2, 0.25) is 0 Å². The third-order valence-corrected chi connectivity index (χ3v) is 4.91. The lowest BCUT2D eigenvalue weighted by atomic mass is 10.2. The van der Waals surface area contributed by atoms with Gasteiger partial charge in [-0.3, -0.25) is 9.59 Å². The highest BCUT2D eigenvalue weighted by Gasteiger charge is 2.20. The molecule has 0 bridgehead atoms. The van der Waals surface area contributed by atoms with Gasteiger partial charge < -0.3 is 29.8 Å². The normalized spacial score (nSPS) is 10.5. The molecular weight excluding hydrogens is 442 g/mol. The van der Waals surface area contributed by atoms with Crippen LogP contribution in [0.1, 0.15) is 10.5 Å². The molecule has 0 aliphatic rings. The average molecular weight is 462 g/mol. The number of benzene rings is 2. The van der Waals surface area contributed by atoms with Crippen LogP contribution < -0.4 is 24.8 Å². The lowest BCUT2D eigenvalue weighted by Gasteiger charge is -2.12. The lowest BCUT2D eigenvalue weighted by molar-refractivity contribution is -0.115. The molecule has 1 heterocycles. The van der Waals surface area contributed by atoms with Crippen LogP contribution in [-0.4, -0.2) is 44.7 Å². The smallest absolute Gasteiger partial charge is 0.268 e. The maximum Gasteiger partial charge on any atom is 0.268 e. The molecule has 0 fully saturated rings. The molecule has 0 atom stereocenters. The number of amides is 2. The molecule has 0 saturated heterocycles. The zero-order valence-corrected chi connectivity index (χ0v) is 17.7. The predicted octanol–water partition coefficient (Wildman–Crippen LogP) is 3.32. The van der Waals surface area contributed by atoms with Crippen LogP contribution in [0.4, 0.5) is 5.69 Å². The molecule has 2 amide bonds. The summed E-state index contributed by atoms with van der Waals surface area (Å²) in [6.45, 7) is -0.181. The van der Waals surface area contributed by atoms with Crippen LogP contribution in [0, 0.1) is 0 Å². The molecule has 1 aromatic heterocycles. The van der Waals surface area contributed by atoms with Gasteiger partial charge >= 0.3 is 0 Å². The molecule has 3 rings (SSSR count). The Balaban J connectivity index is 1.75. The van der Waals surface area contributed by atoms with Crippen molar-refractivity contribution in [1.82, 2.24) is 10.3 Å². The Kier molecular flexibility index (Phi) is 6.28. The van der Waals surface area contributed by atoms with Gasteiger partial charge in [0.05, 0.1) is 39.1 Å². The molecule has 8 nitrogen and oxygen atoms in total. The fourth-order valence-electron chi connectivity index (χ4n) is 2.88. The molecule has 9 heteroatoms. The van der Waals surface area contributed by atoms with Crippen molar-refractivity contribution in [3.05, 3.63) is 46.6 Å². The number of anilines is 1. The van der Waals surface area contributed by atoms with E-state index in [9.17, 15) is 9.59 Å². The highest BCUT2D eigenvalue weighted by Crippen LogP contribution is 2.43. The van der Waals surface area contributed by atoms with Crippen molar-refractivity contribution in [3.63, 3.8) is 0 Å². The number of aromatic nitrogens is 1. The Bertz CT molecular complexity index is 1060. The second-order valence-corrected chi connectivity index (χ2v) is 6.86. The molecule has 0 aliphatic heterocycles. The van der Waals surface area contributed by atoms with Crippen LogP contribution in [-0.2, 0) is 4.79 Å². The molecule has 3 aromatic rings. The lowest BCUT2D eigenvalue weighted by Crippen LogP contribution is -2.33. The molecule has 3 N–H and O–H groups in total. The van der Waals surface area contributed by atoms with E-state index in [1.54, 1.807) is 24.3 Å². The van der Waals surface area contributed by atoms with E-state index in [2.05, 4.69) is 31.5 Å². The van der Waals surface area contributed by atoms with Crippen molar-refractivity contribution in [2.45, 2.75) is 0 Å². The van der Waals surface area contributed by atoms with Gasteiger partial charge in [-0.05, 0) is 40.2 Å². The highest BCUT2D eigenvalue weighted by atomic mass is 79.9. The minimum absolute atomic E-state index is 0.181. The molecule has 29 heavy (non-hydrogen) atoms. The SMILES string of the molecule is COc1cc2cc(C(=O)NCC(=O)Nc3ccccc3Br)[nH]c2c(OC)c1OC. The van der Waals surface area contributed by atoms with E-state index < -0.39 is 5.91 Å². The van der Waals surface area contributed by atoms with Crippen molar-refractivity contribution in [2.75, 3.05) is 33.2 Å². The van der Waals surface area contributed by atoms with Crippen molar-refractivity contribution < 1.29 is 23.8 Å². The van der Waals surface area contributed by atoms with Gasteiger partial charge in [-0.25, -0.2) is 0 Å². The summed E-state index contributed by atoms with van der Waals surface area (Å²) in [6, 6.07) is 10.6. The number of halogens is 1. The number of fused-ring (bicyclic) bond motifs is 1. The third kappa shape index (κ3) is 4.29. The number of carbonyl (C=O) groups is 2. The Hall–Kier alpha value is -3.20. The van der Waals surface area contributed by atoms with E-state index in [4.69, 9.17) is 14.2 Å². The van der Waals surface area contributed by atoms with E-state index in [0.717, 1.165) is 4.47 Å². The number of rotatable bonds is 7. The highest BCUT2D eigenvalue weighted by molar-refractivity contribution is 9.10. The number of hydrogen-bond acceptors (Lipinski definition) is 5. The number of H-pyrrole nitrogens is 1. The number of methoxy groups -OCH3 is 3. The summed E-state index contributed by atoms with van der Waals surface area (Å²) in [4.78, 5) is 27.7. The van der Waals surface area contributed by atoms with Crippen molar-refractivity contribution >= 4 is 44.3 Å². The van der Waals surface area contributed by atoms with Crippen LogP contribution >= 0.6 is 15.9 Å². The molecule has 0 radical (unpaired) electrons. The van der Waals surface area contributed by atoms with Gasteiger partial charge in [0.25, 0.3) is 5.91 Å². The van der Waals surface area contributed by atoms with Gasteiger partial charge in [0, 0.05) is 9.86 Å². The van der Waals surface area contributed by atoms with Crippen LogP contribution in [0.5, 0.6) is 17.2 Å². The quantitative estimate of drug-likeness (QED) is 0.500. The summed E-state index contributed by atoms with van der Waals surface area (Å²) in [5.41, 5.74) is 1.50. The van der Waals surface area contributed by atoms with E-state index in [1.807, 2.05) is 12.1 Å². The third-order valence-electron chi connectivity index (χ3n) is 4.22. The van der Waals surface area contributed by atoms with Crippen molar-refractivity contribution in [3.8, 4) is 17.2 Å². The maximum absolute atomic E-state index is 12.5. The van der Waals surface area contributed by atoms with Gasteiger partial charge in [0.2, 0.25) is 11.7 Å². The van der Waals surface area contributed by atoms with Crippen LogP contribution in [0.25, 0.3) is 10.9 Å². The maximum atomic E-state index is 12.5. The Morgan fingerprint density at radius 3 is 2.41 bits per heavy atom. The van der Waals surface area contributed by atoms with E-state index in [0.29, 0.717) is 33.8 Å². The number of nitrogens with one attached hydrogen (secondary N) is 3. The minimum atomic E-state index is -0.427. The summed E-state index contributed by atoms with van der Waals surface area (Å²) in [5, 5.41) is 6.03. The average Bonchev–Trinajstić information content (AvgIpc) is 3.16. The van der Waals surface area contributed by atoms with E-state index in [-0.39, 0.29) is 18.1 Å². The van der Waals surface area contributed by atoms with Gasteiger partial charge in [0.15, 0.2) is 11.5 Å². The summed E-state index contributed by atoms with van der Waals surface area (Å²) in [7, 11) is 4.53. The summed E-state index contributed by atoms with van der Waals surface area (Å²) in [5.74, 6) is 0.554. The number of para-hydroxylation sites is 1. The fourth-order valence-corrected chi connectivity index (χ4v) is 3.26. The second-order valence-electron chi connectivity index (χ2n) is 6.00. The summed E-state index contributed by atoms with van der Waals surface area (Å²) in [6.07, 6.45) is 0. The number of hydrogen-bond donors (Lipinski definition) is 3. The molecule has 2 aromatic carbocycles. The summed E-state index contributed by atoms with van der Waals surface area (Å²) >= 11 is 3.36. The van der Waals surface area contributed by atoms with Crippen molar-refractivity contribution in [2.24, 2.45) is 0 Å². The zero-order chi connectivity index (χ0) is 21.0. The monoisotopic (exact) mass is 461 g/mol. The first kappa shape index (κ1) is 20.5. The zero-order valence-electron chi connectivity index (χ0n) is 16.1. The molecular formula is C20H20BrN3O5. The summed E-state index contributed by atoms with van der Waals surface area (Å²) < 4.78 is 16.9. The van der Waals surface area contributed by atoms with Crippen LogP contribution in [0.15, 0.2) is 40.9 Å². The van der Waals surface area contributed by atoms with Gasteiger partial charge in [0.1, 0.15) is 5.69 Å². The van der Waals surface area contributed by atoms with Gasteiger partial charge in [-0.1, -0.05) is 12.1 Å². The molecule has 0 spiro atoms. The standard InChI is InChI=1S/C20H20BrN3O5/c1-27-15-9-11-8-14(24-17(11)19(29-3)18(15)28-2)20(26)22-10-16(25)23-13-7-5-4-6-12(13)21/h4-9,24H,10H2,1-3H3,(H,22,26)(H,23,25). The van der Waals surface area contributed by atoms with E-state index >= 15 is 0 Å². The predicted molar refractivity (Wildman–Crippen MR) is 113 cm³/mol. The first-order chi connectivity index (χ1) is 14.0. The number of carbonyl (C=O) groups excluding carboxylic acids is 2. The molecule has 152 valence electrons. The van der Waals surface area contributed by atoms with Gasteiger partial charge in [-0.2, -0.15) is 0 Å². The Morgan fingerprint density at radius 1 is 1.03 bits per heavy atom. The molecule has 0 saturated carbocycles. The number of ether oxygens (including phenoxy) is 3. The van der Waals surface area contributed by atoms with Crippen molar-refractivity contribution in [1.29, 1.82) is 0 Å². The van der Waals surface area contributed by atoms with Gasteiger partial charge in [-0.15, -0.1) is 0 Å². The van der Waals surface area contributed by atoms with E-state index in [1.165, 1.54) is 21.3 Å². The molecule has 0 aliphatic carbocycles. The molecule has 0 unspecified atom stereocenters. The Labute approximate surface area is 175 Å². The first-order valence-corrected chi connectivity index (χ1v) is 9.42. The fraction of sp³-hybridized carbons (Fsp3) is 0.200. The second kappa shape index (κ2) is 8.87. The largest absolute Gasteiger partial charge is 0.493 e. The minimum Gasteiger partial charge on any atom is -0.493 e. The number of aromatic amines is 1. The van der Waals surface area contributed by atoms with Crippen LogP contribution in [0.3, 0.4) is 0 Å². The first-order valence-electron chi connectivity index (χ1n) is 8.62. The Morgan fingerprint density at radius 2 is 1.76 bits per heavy atom. The topological polar surface area (TPSA) is 102 Å².